The third kappa shape index (κ3) is 2.46. The fraction of sp³-hybridized carbons (Fsp3) is 0.412. The van der Waals surface area contributed by atoms with Crippen LogP contribution >= 0.6 is 0 Å². The van der Waals surface area contributed by atoms with Crippen LogP contribution in [0.25, 0.3) is 0 Å². The van der Waals surface area contributed by atoms with E-state index < -0.39 is 17.7 Å². The summed E-state index contributed by atoms with van der Waals surface area (Å²) in [6.07, 6.45) is 0.850. The third-order valence-corrected chi connectivity index (χ3v) is 3.74. The van der Waals surface area contributed by atoms with Crippen LogP contribution in [0.4, 0.5) is 0 Å². The van der Waals surface area contributed by atoms with E-state index >= 15 is 0 Å². The maximum Gasteiger partial charge on any atom is 0.337 e. The highest BCUT2D eigenvalue weighted by Crippen LogP contribution is 2.39. The maximum absolute atomic E-state index is 12.9. The Labute approximate surface area is 125 Å². The second-order valence-electron chi connectivity index (χ2n) is 6.52. The lowest BCUT2D eigenvalue weighted by Gasteiger charge is -2.37. The minimum absolute atomic E-state index is 0.233. The molecule has 21 heavy (non-hydrogen) atoms. The normalized spacial score (nSPS) is 25.6. The van der Waals surface area contributed by atoms with Crippen molar-refractivity contribution in [3.05, 3.63) is 48.6 Å². The van der Waals surface area contributed by atoms with Gasteiger partial charge in [-0.05, 0) is 19.1 Å². The van der Waals surface area contributed by atoms with Crippen molar-refractivity contribution in [1.82, 2.24) is 4.90 Å². The summed E-state index contributed by atoms with van der Waals surface area (Å²) in [7, 11) is 0. The molecule has 2 unspecified atom stereocenters. The number of hydrogen-bond acceptors (Lipinski definition) is 3. The number of nitrogens with zero attached hydrogens (tertiary/aromatic N) is 1. The molecule has 2 rings (SSSR count). The number of esters is 1. The van der Waals surface area contributed by atoms with E-state index in [2.05, 4.69) is 6.58 Å². The Morgan fingerprint density at radius 3 is 2.38 bits per heavy atom. The van der Waals surface area contributed by atoms with Gasteiger partial charge in [-0.2, -0.15) is 0 Å². The summed E-state index contributed by atoms with van der Waals surface area (Å²) in [4.78, 5) is 26.6. The van der Waals surface area contributed by atoms with Crippen LogP contribution < -0.4 is 0 Å². The fourth-order valence-electron chi connectivity index (χ4n) is 2.40. The van der Waals surface area contributed by atoms with Gasteiger partial charge in [0.05, 0.1) is 0 Å². The number of cyclic esters (lactones) is 1. The largest absolute Gasteiger partial charge is 0.439 e. The molecule has 2 atom stereocenters. The summed E-state index contributed by atoms with van der Waals surface area (Å²) < 4.78 is 5.48. The van der Waals surface area contributed by atoms with Gasteiger partial charge in [0.25, 0.3) is 5.91 Å². The van der Waals surface area contributed by atoms with Gasteiger partial charge < -0.3 is 4.74 Å². The lowest BCUT2D eigenvalue weighted by atomic mass is 9.90. The molecule has 1 fully saturated rings. The first kappa shape index (κ1) is 15.3. The van der Waals surface area contributed by atoms with Crippen molar-refractivity contribution in [1.29, 1.82) is 0 Å². The van der Waals surface area contributed by atoms with E-state index in [1.54, 1.807) is 31.2 Å². The second kappa shape index (κ2) is 5.02. The van der Waals surface area contributed by atoms with E-state index in [0.717, 1.165) is 0 Å². The van der Waals surface area contributed by atoms with Crippen LogP contribution in [0.3, 0.4) is 0 Å². The van der Waals surface area contributed by atoms with E-state index in [4.69, 9.17) is 4.74 Å². The summed E-state index contributed by atoms with van der Waals surface area (Å²) >= 11 is 0. The molecule has 0 aliphatic carbocycles. The summed E-state index contributed by atoms with van der Waals surface area (Å²) in [6, 6.07) is 8.89. The van der Waals surface area contributed by atoms with Crippen LogP contribution in [0.2, 0.25) is 0 Å². The molecule has 1 aliphatic heterocycles. The van der Waals surface area contributed by atoms with Gasteiger partial charge in [-0.15, -0.1) is 6.58 Å². The van der Waals surface area contributed by atoms with Gasteiger partial charge in [0.2, 0.25) is 0 Å². The van der Waals surface area contributed by atoms with Crippen molar-refractivity contribution in [2.24, 2.45) is 5.41 Å². The predicted molar refractivity (Wildman–Crippen MR) is 80.5 cm³/mol. The molecular formula is C17H21NO3. The SMILES string of the molecule is C=CC1(C)C(=O)OC(C(C)(C)C)N1C(=O)c1ccccc1. The van der Waals surface area contributed by atoms with Crippen molar-refractivity contribution in [3.8, 4) is 0 Å². The summed E-state index contributed by atoms with van der Waals surface area (Å²) in [5.41, 5.74) is -1.01. The number of benzene rings is 1. The van der Waals surface area contributed by atoms with Gasteiger partial charge in [0.15, 0.2) is 11.8 Å². The summed E-state index contributed by atoms with van der Waals surface area (Å²) in [5, 5.41) is 0. The topological polar surface area (TPSA) is 46.6 Å². The zero-order valence-corrected chi connectivity index (χ0v) is 12.9. The van der Waals surface area contributed by atoms with Crippen LogP contribution in [0.5, 0.6) is 0 Å². The highest BCUT2D eigenvalue weighted by Gasteiger charge is 2.56. The maximum atomic E-state index is 12.9. The minimum atomic E-state index is -1.15. The highest BCUT2D eigenvalue weighted by molar-refractivity contribution is 6.00. The Bertz CT molecular complexity index is 573. The van der Waals surface area contributed by atoms with E-state index in [1.165, 1.54) is 11.0 Å². The number of carbonyl (C=O) groups is 2. The first-order chi connectivity index (χ1) is 9.71. The molecule has 1 aromatic carbocycles. The molecule has 0 radical (unpaired) electrons. The average molecular weight is 287 g/mol. The van der Waals surface area contributed by atoms with Gasteiger partial charge in [-0.1, -0.05) is 45.0 Å². The number of carbonyl (C=O) groups excluding carboxylic acids is 2. The van der Waals surface area contributed by atoms with E-state index in [-0.39, 0.29) is 11.3 Å². The van der Waals surface area contributed by atoms with Crippen LogP contribution in [-0.4, -0.2) is 28.5 Å². The van der Waals surface area contributed by atoms with Crippen molar-refractivity contribution >= 4 is 11.9 Å². The van der Waals surface area contributed by atoms with E-state index in [9.17, 15) is 9.59 Å². The Hall–Kier alpha value is -2.10. The van der Waals surface area contributed by atoms with E-state index in [1.807, 2.05) is 26.8 Å². The minimum Gasteiger partial charge on any atom is -0.439 e. The second-order valence-corrected chi connectivity index (χ2v) is 6.52. The van der Waals surface area contributed by atoms with E-state index in [0.29, 0.717) is 5.56 Å². The van der Waals surface area contributed by atoms with Crippen molar-refractivity contribution < 1.29 is 14.3 Å². The van der Waals surface area contributed by atoms with Gasteiger partial charge in [0.1, 0.15) is 0 Å². The molecule has 112 valence electrons. The Kier molecular flexibility index (Phi) is 3.66. The lowest BCUT2D eigenvalue weighted by Crippen LogP contribution is -2.53. The monoisotopic (exact) mass is 287 g/mol. The third-order valence-electron chi connectivity index (χ3n) is 3.74. The molecule has 0 saturated carbocycles. The standard InChI is InChI=1S/C17H21NO3/c1-6-17(5)15(20)21-14(16(2,3)4)18(17)13(19)12-10-8-7-9-11-12/h6-11,14H,1H2,2-5H3. The highest BCUT2D eigenvalue weighted by atomic mass is 16.6. The smallest absolute Gasteiger partial charge is 0.337 e. The number of ether oxygens (including phenoxy) is 1. The molecule has 0 aromatic heterocycles. The van der Waals surface area contributed by atoms with Crippen molar-refractivity contribution in [2.45, 2.75) is 39.5 Å². The Morgan fingerprint density at radius 2 is 1.90 bits per heavy atom. The first-order valence-corrected chi connectivity index (χ1v) is 6.95. The first-order valence-electron chi connectivity index (χ1n) is 6.95. The van der Waals surface area contributed by atoms with Gasteiger partial charge in [-0.3, -0.25) is 9.69 Å². The van der Waals surface area contributed by atoms with Crippen molar-refractivity contribution in [2.75, 3.05) is 0 Å². The predicted octanol–water partition coefficient (Wildman–Crippen LogP) is 3.00. The fourth-order valence-corrected chi connectivity index (χ4v) is 2.40. The zero-order valence-electron chi connectivity index (χ0n) is 12.9. The summed E-state index contributed by atoms with van der Waals surface area (Å²) in [6.45, 7) is 11.2. The van der Waals surface area contributed by atoms with Crippen LogP contribution in [-0.2, 0) is 9.53 Å². The van der Waals surface area contributed by atoms with Crippen molar-refractivity contribution in [3.63, 3.8) is 0 Å². The van der Waals surface area contributed by atoms with Gasteiger partial charge in [0, 0.05) is 11.0 Å². The molecule has 1 aliphatic rings. The van der Waals surface area contributed by atoms with Crippen LogP contribution in [0.1, 0.15) is 38.1 Å². The van der Waals surface area contributed by atoms with Crippen LogP contribution in [0, 0.1) is 5.41 Å². The quantitative estimate of drug-likeness (QED) is 0.620. The Balaban J connectivity index is 2.51. The lowest BCUT2D eigenvalue weighted by molar-refractivity contribution is -0.147. The molecule has 0 bridgehead atoms. The van der Waals surface area contributed by atoms with Gasteiger partial charge >= 0.3 is 5.97 Å². The van der Waals surface area contributed by atoms with Gasteiger partial charge in [-0.25, -0.2) is 4.79 Å². The molecule has 4 heteroatoms. The molecule has 1 aromatic rings. The molecule has 0 spiro atoms. The summed E-state index contributed by atoms with van der Waals surface area (Å²) in [5.74, 6) is -0.675. The number of rotatable bonds is 2. The molecule has 1 heterocycles. The zero-order chi connectivity index (χ0) is 15.8. The number of hydrogen-bond donors (Lipinski definition) is 0. The molecule has 0 N–H and O–H groups in total. The average Bonchev–Trinajstić information content (AvgIpc) is 2.72. The molecule has 1 saturated heterocycles. The molecule has 1 amide bonds. The molecular weight excluding hydrogens is 266 g/mol. The molecule has 4 nitrogen and oxygen atoms in total. The van der Waals surface area contributed by atoms with Crippen LogP contribution in [0.15, 0.2) is 43.0 Å². The number of amides is 1. The Morgan fingerprint density at radius 1 is 1.33 bits per heavy atom.